The molecule has 27 heavy (non-hydrogen) atoms. The lowest BCUT2D eigenvalue weighted by Crippen LogP contribution is -2.46. The van der Waals surface area contributed by atoms with Crippen molar-refractivity contribution in [3.8, 4) is 0 Å². The Kier molecular flexibility index (Phi) is 8.29. The van der Waals surface area contributed by atoms with E-state index in [0.29, 0.717) is 24.9 Å². The van der Waals surface area contributed by atoms with Crippen molar-refractivity contribution < 1.29 is 9.59 Å². The van der Waals surface area contributed by atoms with E-state index in [2.05, 4.69) is 41.5 Å². The van der Waals surface area contributed by atoms with Gasteiger partial charge in [-0.2, -0.15) is 0 Å². The number of amides is 2. The van der Waals surface area contributed by atoms with E-state index in [9.17, 15) is 9.59 Å². The topological polar surface area (TPSA) is 61.4 Å². The van der Waals surface area contributed by atoms with Crippen LogP contribution in [0.1, 0.15) is 52.1 Å². The molecule has 0 aromatic heterocycles. The normalized spacial score (nSPS) is 19.1. The molecule has 1 heterocycles. The maximum atomic E-state index is 12.6. The van der Waals surface area contributed by atoms with Gasteiger partial charge in [0, 0.05) is 19.0 Å². The Hall–Kier alpha value is -1.88. The lowest BCUT2D eigenvalue weighted by Gasteiger charge is -2.33. The van der Waals surface area contributed by atoms with Crippen LogP contribution < -0.4 is 10.6 Å². The Morgan fingerprint density at radius 1 is 1.15 bits per heavy atom. The van der Waals surface area contributed by atoms with Crippen molar-refractivity contribution in [1.82, 2.24) is 15.5 Å². The first-order valence-electron chi connectivity index (χ1n) is 10.2. The van der Waals surface area contributed by atoms with Crippen molar-refractivity contribution in [3.63, 3.8) is 0 Å². The van der Waals surface area contributed by atoms with Crippen LogP contribution in [0.3, 0.4) is 0 Å². The molecule has 0 aliphatic carbocycles. The van der Waals surface area contributed by atoms with Gasteiger partial charge >= 0.3 is 0 Å². The molecule has 5 heteroatoms. The zero-order chi connectivity index (χ0) is 19.8. The van der Waals surface area contributed by atoms with Crippen LogP contribution in [-0.4, -0.2) is 42.9 Å². The molecule has 1 aliphatic rings. The first kappa shape index (κ1) is 21.4. The maximum absolute atomic E-state index is 12.6. The van der Waals surface area contributed by atoms with Gasteiger partial charge in [-0.25, -0.2) is 0 Å². The first-order chi connectivity index (χ1) is 12.9. The highest BCUT2D eigenvalue weighted by atomic mass is 16.2. The summed E-state index contributed by atoms with van der Waals surface area (Å²) in [6, 6.07) is 10.2. The van der Waals surface area contributed by atoms with Crippen molar-refractivity contribution >= 4 is 11.8 Å². The van der Waals surface area contributed by atoms with E-state index in [1.165, 1.54) is 0 Å². The summed E-state index contributed by atoms with van der Waals surface area (Å²) < 4.78 is 0. The van der Waals surface area contributed by atoms with Gasteiger partial charge in [-0.3, -0.25) is 14.5 Å². The number of nitrogens with one attached hydrogen (secondary N) is 2. The van der Waals surface area contributed by atoms with Gasteiger partial charge in [-0.15, -0.1) is 0 Å². The molecule has 0 spiro atoms. The molecule has 0 radical (unpaired) electrons. The summed E-state index contributed by atoms with van der Waals surface area (Å²) in [6.07, 6.45) is 2.18. The lowest BCUT2D eigenvalue weighted by atomic mass is 9.95. The zero-order valence-electron chi connectivity index (χ0n) is 17.2. The fourth-order valence-electron chi connectivity index (χ4n) is 3.63. The van der Waals surface area contributed by atoms with Gasteiger partial charge in [-0.05, 0) is 36.8 Å². The smallest absolute Gasteiger partial charge is 0.234 e. The number of likely N-dealkylation sites (tertiary alicyclic amines) is 1. The monoisotopic (exact) mass is 373 g/mol. The number of carbonyl (C=O) groups is 2. The lowest BCUT2D eigenvalue weighted by molar-refractivity contribution is -0.125. The molecule has 1 aromatic rings. The van der Waals surface area contributed by atoms with Gasteiger partial charge in [0.1, 0.15) is 0 Å². The van der Waals surface area contributed by atoms with E-state index in [0.717, 1.165) is 31.5 Å². The van der Waals surface area contributed by atoms with Gasteiger partial charge < -0.3 is 10.6 Å². The van der Waals surface area contributed by atoms with Crippen molar-refractivity contribution in [2.75, 3.05) is 26.2 Å². The predicted molar refractivity (Wildman–Crippen MR) is 109 cm³/mol. The fourth-order valence-corrected chi connectivity index (χ4v) is 3.63. The summed E-state index contributed by atoms with van der Waals surface area (Å²) in [5.41, 5.74) is 1.15. The molecule has 2 atom stereocenters. The molecule has 1 saturated heterocycles. The summed E-state index contributed by atoms with van der Waals surface area (Å²) in [5, 5.41) is 6.24. The second-order valence-corrected chi connectivity index (χ2v) is 8.34. The Morgan fingerprint density at radius 2 is 1.85 bits per heavy atom. The number of hydrogen-bond acceptors (Lipinski definition) is 3. The van der Waals surface area contributed by atoms with E-state index in [1.54, 1.807) is 0 Å². The molecular formula is C22H35N3O2. The van der Waals surface area contributed by atoms with Gasteiger partial charge in [0.15, 0.2) is 0 Å². The van der Waals surface area contributed by atoms with Crippen molar-refractivity contribution in [3.05, 3.63) is 35.9 Å². The number of nitrogens with zero attached hydrogens (tertiary/aromatic N) is 1. The molecular weight excluding hydrogens is 338 g/mol. The van der Waals surface area contributed by atoms with Crippen LogP contribution >= 0.6 is 0 Å². The Labute approximate surface area is 163 Å². The third kappa shape index (κ3) is 6.98. The van der Waals surface area contributed by atoms with Crippen molar-refractivity contribution in [2.24, 2.45) is 17.8 Å². The third-order valence-corrected chi connectivity index (χ3v) is 5.20. The Balaban J connectivity index is 1.84. The zero-order valence-corrected chi connectivity index (χ0v) is 17.2. The molecule has 1 fully saturated rings. The van der Waals surface area contributed by atoms with Crippen molar-refractivity contribution in [1.29, 1.82) is 0 Å². The third-order valence-electron chi connectivity index (χ3n) is 5.20. The van der Waals surface area contributed by atoms with Gasteiger partial charge in [0.2, 0.25) is 11.8 Å². The molecule has 2 N–H and O–H groups in total. The maximum Gasteiger partial charge on any atom is 0.234 e. The number of hydrogen-bond donors (Lipinski definition) is 2. The fraction of sp³-hybridized carbons (Fsp3) is 0.636. The Morgan fingerprint density at radius 3 is 2.48 bits per heavy atom. The highest BCUT2D eigenvalue weighted by Crippen LogP contribution is 2.21. The summed E-state index contributed by atoms with van der Waals surface area (Å²) >= 11 is 0. The summed E-state index contributed by atoms with van der Waals surface area (Å²) in [4.78, 5) is 26.6. The van der Waals surface area contributed by atoms with E-state index >= 15 is 0 Å². The van der Waals surface area contributed by atoms with Gasteiger partial charge in [-0.1, -0.05) is 58.0 Å². The molecule has 1 aliphatic heterocycles. The van der Waals surface area contributed by atoms with Crippen LogP contribution in [0.15, 0.2) is 30.3 Å². The second kappa shape index (κ2) is 10.5. The number of benzene rings is 1. The summed E-state index contributed by atoms with van der Waals surface area (Å²) in [5.74, 6) is 0.944. The largest absolute Gasteiger partial charge is 0.356 e. The number of rotatable bonds is 8. The first-order valence-corrected chi connectivity index (χ1v) is 10.2. The van der Waals surface area contributed by atoms with Crippen LogP contribution in [0.4, 0.5) is 0 Å². The van der Waals surface area contributed by atoms with Crippen LogP contribution in [-0.2, 0) is 9.59 Å². The number of carbonyl (C=O) groups excluding carboxylic acids is 2. The minimum Gasteiger partial charge on any atom is -0.356 e. The second-order valence-electron chi connectivity index (χ2n) is 8.34. The molecule has 2 unspecified atom stereocenters. The minimum atomic E-state index is 0.0152. The van der Waals surface area contributed by atoms with Gasteiger partial charge in [0.05, 0.1) is 12.6 Å². The Bertz CT molecular complexity index is 601. The molecule has 2 amide bonds. The molecule has 0 bridgehead atoms. The summed E-state index contributed by atoms with van der Waals surface area (Å²) in [7, 11) is 0. The predicted octanol–water partition coefficient (Wildman–Crippen LogP) is 2.98. The molecule has 1 aromatic carbocycles. The molecule has 2 rings (SSSR count). The molecule has 5 nitrogen and oxygen atoms in total. The average molecular weight is 374 g/mol. The van der Waals surface area contributed by atoms with Crippen LogP contribution in [0.5, 0.6) is 0 Å². The highest BCUT2D eigenvalue weighted by Gasteiger charge is 2.24. The van der Waals surface area contributed by atoms with Crippen LogP contribution in [0.25, 0.3) is 0 Å². The van der Waals surface area contributed by atoms with E-state index < -0.39 is 0 Å². The van der Waals surface area contributed by atoms with Gasteiger partial charge in [0.25, 0.3) is 0 Å². The average Bonchev–Trinajstić information content (AvgIpc) is 2.64. The SMILES string of the molecule is CC(C)C(=O)NCC1CCCN(CC(=O)NC(c2ccccc2)C(C)C)C1. The molecule has 150 valence electrons. The molecule has 0 saturated carbocycles. The quantitative estimate of drug-likeness (QED) is 0.736. The van der Waals surface area contributed by atoms with Crippen LogP contribution in [0, 0.1) is 17.8 Å². The standard InChI is InChI=1S/C22H35N3O2/c1-16(2)21(19-10-6-5-7-11-19)24-20(26)15-25-12-8-9-18(14-25)13-23-22(27)17(3)4/h5-7,10-11,16-18,21H,8-9,12-15H2,1-4H3,(H,23,27)(H,24,26). The minimum absolute atomic E-state index is 0.0152. The van der Waals surface area contributed by atoms with Crippen molar-refractivity contribution in [2.45, 2.75) is 46.6 Å². The van der Waals surface area contributed by atoms with E-state index in [-0.39, 0.29) is 23.8 Å². The highest BCUT2D eigenvalue weighted by molar-refractivity contribution is 5.78. The van der Waals surface area contributed by atoms with E-state index in [1.807, 2.05) is 32.0 Å². The van der Waals surface area contributed by atoms with Crippen LogP contribution in [0.2, 0.25) is 0 Å². The number of piperidine rings is 1. The summed E-state index contributed by atoms with van der Waals surface area (Å²) in [6.45, 7) is 11.0. The van der Waals surface area contributed by atoms with E-state index in [4.69, 9.17) is 0 Å².